The molecule has 3 rings (SSSR count). The third-order valence-electron chi connectivity index (χ3n) is 5.59. The first-order chi connectivity index (χ1) is 13.2. The molecular weight excluding hydrogens is 410 g/mol. The van der Waals surface area contributed by atoms with Crippen molar-refractivity contribution >= 4 is 33.4 Å². The summed E-state index contributed by atoms with van der Waals surface area (Å²) in [5.74, 6) is 0. The van der Waals surface area contributed by atoms with E-state index in [0.29, 0.717) is 5.36 Å². The number of aromatic nitrogens is 1. The summed E-state index contributed by atoms with van der Waals surface area (Å²) < 4.78 is 2.40. The molecule has 2 aliphatic rings. The van der Waals surface area contributed by atoms with Crippen molar-refractivity contribution < 1.29 is 0 Å². The van der Waals surface area contributed by atoms with Crippen molar-refractivity contribution in [2.75, 3.05) is 5.73 Å². The molecule has 0 radical (unpaired) electrons. The Morgan fingerprint density at radius 3 is 2.29 bits per heavy atom. The standard InChI is InChI=1S/C24H33N3.BrH/c1-3-5-6-7-8-9-10-11-23-22-16-18(25)12-14-20(22)21-15-13-19(26)17-24(21)27(23)4-2;/h12-17,26H,3-11,25H2,1-2H3;1H. The molecule has 152 valence electrons. The molecule has 1 heterocycles. The number of hydrogen-bond acceptors (Lipinski definition) is 2. The molecule has 1 aromatic rings. The highest BCUT2D eigenvalue weighted by Gasteiger charge is 2.16. The second-order valence-electron chi connectivity index (χ2n) is 7.60. The summed E-state index contributed by atoms with van der Waals surface area (Å²) in [5.41, 5.74) is 10.7. The molecule has 28 heavy (non-hydrogen) atoms. The van der Waals surface area contributed by atoms with Gasteiger partial charge in [-0.05, 0) is 49.4 Å². The molecule has 0 saturated heterocycles. The molecule has 1 aliphatic heterocycles. The van der Waals surface area contributed by atoms with Gasteiger partial charge in [-0.2, -0.15) is 0 Å². The van der Waals surface area contributed by atoms with Crippen LogP contribution in [0.3, 0.4) is 0 Å². The van der Waals surface area contributed by atoms with E-state index in [1.54, 1.807) is 0 Å². The lowest BCUT2D eigenvalue weighted by Gasteiger charge is -2.23. The highest BCUT2D eigenvalue weighted by Crippen LogP contribution is 2.35. The number of nitrogen functional groups attached to an aromatic ring is 1. The molecule has 0 spiro atoms. The maximum absolute atomic E-state index is 8.08. The zero-order valence-corrected chi connectivity index (χ0v) is 19.0. The summed E-state index contributed by atoms with van der Waals surface area (Å²) in [7, 11) is 0. The summed E-state index contributed by atoms with van der Waals surface area (Å²) in [6, 6.07) is 12.2. The van der Waals surface area contributed by atoms with Gasteiger partial charge in [0.1, 0.15) is 0 Å². The van der Waals surface area contributed by atoms with E-state index in [4.69, 9.17) is 11.1 Å². The average molecular weight is 444 g/mol. The van der Waals surface area contributed by atoms with Gasteiger partial charge in [-0.15, -0.1) is 17.0 Å². The fourth-order valence-electron chi connectivity index (χ4n) is 4.19. The first-order valence-corrected chi connectivity index (χ1v) is 10.5. The van der Waals surface area contributed by atoms with Crippen LogP contribution in [0.15, 0.2) is 36.4 Å². The molecule has 1 aromatic carbocycles. The van der Waals surface area contributed by atoms with E-state index in [0.717, 1.165) is 18.7 Å². The Balaban J connectivity index is 0.00000280. The van der Waals surface area contributed by atoms with E-state index in [-0.39, 0.29) is 17.0 Å². The van der Waals surface area contributed by atoms with Gasteiger partial charge in [0, 0.05) is 28.9 Å². The normalized spacial score (nSPS) is 11.1. The van der Waals surface area contributed by atoms with Gasteiger partial charge >= 0.3 is 0 Å². The minimum absolute atomic E-state index is 0. The Labute approximate surface area is 179 Å². The maximum Gasteiger partial charge on any atom is 0.0561 e. The van der Waals surface area contributed by atoms with Crippen LogP contribution < -0.4 is 11.1 Å². The number of nitrogens with one attached hydrogen (secondary N) is 1. The zero-order chi connectivity index (χ0) is 19.2. The number of fused-ring (bicyclic) bond motifs is 3. The van der Waals surface area contributed by atoms with Gasteiger partial charge < -0.3 is 15.7 Å². The highest BCUT2D eigenvalue weighted by molar-refractivity contribution is 8.93. The van der Waals surface area contributed by atoms with Crippen molar-refractivity contribution in [3.63, 3.8) is 0 Å². The van der Waals surface area contributed by atoms with Crippen LogP contribution in [-0.4, -0.2) is 4.57 Å². The molecule has 1 aliphatic carbocycles. The molecule has 3 N–H and O–H groups in total. The SMILES string of the molecule is Br.CCCCCCCCCc1c2cc(N)ccc2c2ccc(=N)cc-2n1CC. The number of rotatable bonds is 9. The van der Waals surface area contributed by atoms with Crippen LogP contribution in [0.2, 0.25) is 0 Å². The number of hydrogen-bond donors (Lipinski definition) is 2. The number of nitrogens with zero attached hydrogens (tertiary/aromatic N) is 1. The van der Waals surface area contributed by atoms with Crippen LogP contribution >= 0.6 is 17.0 Å². The van der Waals surface area contributed by atoms with Crippen LogP contribution in [0.25, 0.3) is 22.0 Å². The van der Waals surface area contributed by atoms with Gasteiger partial charge in [0.25, 0.3) is 0 Å². The number of benzene rings is 2. The number of nitrogens with two attached hydrogens (primary N) is 1. The minimum atomic E-state index is 0. The molecule has 0 unspecified atom stereocenters. The Bertz CT molecular complexity index is 929. The largest absolute Gasteiger partial charge is 0.399 e. The molecule has 0 bridgehead atoms. The lowest BCUT2D eigenvalue weighted by atomic mass is 9.95. The summed E-state index contributed by atoms with van der Waals surface area (Å²) in [6.45, 7) is 5.38. The Morgan fingerprint density at radius 1 is 0.857 bits per heavy atom. The molecule has 0 aromatic heterocycles. The summed E-state index contributed by atoms with van der Waals surface area (Å²) in [4.78, 5) is 0. The number of aryl methyl sites for hydroxylation is 1. The first-order valence-electron chi connectivity index (χ1n) is 10.5. The van der Waals surface area contributed by atoms with E-state index in [2.05, 4.69) is 36.6 Å². The summed E-state index contributed by atoms with van der Waals surface area (Å²) in [5, 5.41) is 11.2. The van der Waals surface area contributed by atoms with E-state index in [1.807, 2.05) is 18.2 Å². The molecular formula is C24H34BrN3. The maximum atomic E-state index is 8.08. The summed E-state index contributed by atoms with van der Waals surface area (Å²) in [6.07, 6.45) is 10.3. The van der Waals surface area contributed by atoms with Crippen LogP contribution in [0.1, 0.15) is 64.5 Å². The smallest absolute Gasteiger partial charge is 0.0561 e. The van der Waals surface area contributed by atoms with Gasteiger partial charge in [-0.3, -0.25) is 0 Å². The van der Waals surface area contributed by atoms with Gasteiger partial charge in [0.05, 0.1) is 11.1 Å². The third kappa shape index (κ3) is 4.96. The number of unbranched alkanes of at least 4 members (excludes halogenated alkanes) is 6. The quantitative estimate of drug-likeness (QED) is 0.215. The zero-order valence-electron chi connectivity index (χ0n) is 17.3. The van der Waals surface area contributed by atoms with Crippen molar-refractivity contribution in [3.8, 4) is 11.3 Å². The first kappa shape index (κ1) is 22.5. The molecule has 0 fully saturated rings. The lowest BCUT2D eigenvalue weighted by Crippen LogP contribution is -2.13. The second-order valence-corrected chi connectivity index (χ2v) is 7.60. The van der Waals surface area contributed by atoms with E-state index >= 15 is 0 Å². The molecule has 4 heteroatoms. The van der Waals surface area contributed by atoms with Crippen LogP contribution in [-0.2, 0) is 13.0 Å². The fourth-order valence-corrected chi connectivity index (χ4v) is 4.19. The van der Waals surface area contributed by atoms with Crippen LogP contribution in [0, 0.1) is 5.41 Å². The molecule has 0 amide bonds. The molecule has 3 nitrogen and oxygen atoms in total. The van der Waals surface area contributed by atoms with E-state index in [1.165, 1.54) is 72.7 Å². The number of pyridine rings is 1. The van der Waals surface area contributed by atoms with Crippen molar-refractivity contribution in [3.05, 3.63) is 47.4 Å². The predicted octanol–water partition coefficient (Wildman–Crippen LogP) is 6.70. The Morgan fingerprint density at radius 2 is 1.57 bits per heavy atom. The Hall–Kier alpha value is -1.81. The van der Waals surface area contributed by atoms with Crippen molar-refractivity contribution in [1.29, 1.82) is 5.41 Å². The van der Waals surface area contributed by atoms with Gasteiger partial charge in [-0.1, -0.05) is 57.6 Å². The lowest BCUT2D eigenvalue weighted by molar-refractivity contribution is 0.580. The van der Waals surface area contributed by atoms with E-state index < -0.39 is 0 Å². The number of halogens is 1. The fraction of sp³-hybridized carbons (Fsp3) is 0.458. The van der Waals surface area contributed by atoms with Gasteiger partial charge in [0.2, 0.25) is 0 Å². The molecule has 0 atom stereocenters. The van der Waals surface area contributed by atoms with Crippen molar-refractivity contribution in [2.45, 2.75) is 71.8 Å². The summed E-state index contributed by atoms with van der Waals surface area (Å²) >= 11 is 0. The Kier molecular flexibility index (Phi) is 8.56. The number of anilines is 1. The van der Waals surface area contributed by atoms with Crippen LogP contribution in [0.4, 0.5) is 5.69 Å². The molecule has 0 saturated carbocycles. The van der Waals surface area contributed by atoms with Crippen molar-refractivity contribution in [2.24, 2.45) is 0 Å². The topological polar surface area (TPSA) is 54.8 Å². The second kappa shape index (κ2) is 10.7. The van der Waals surface area contributed by atoms with Crippen molar-refractivity contribution in [1.82, 2.24) is 4.57 Å². The van der Waals surface area contributed by atoms with Gasteiger partial charge in [-0.25, -0.2) is 0 Å². The average Bonchev–Trinajstić information content (AvgIpc) is 2.66. The monoisotopic (exact) mass is 443 g/mol. The van der Waals surface area contributed by atoms with Gasteiger partial charge in [0.15, 0.2) is 0 Å². The highest BCUT2D eigenvalue weighted by atomic mass is 79.9. The van der Waals surface area contributed by atoms with Crippen LogP contribution in [0.5, 0.6) is 0 Å². The minimum Gasteiger partial charge on any atom is -0.399 e. The predicted molar refractivity (Wildman–Crippen MR) is 127 cm³/mol. The third-order valence-corrected chi connectivity index (χ3v) is 5.59. The van der Waals surface area contributed by atoms with E-state index in [9.17, 15) is 0 Å².